The van der Waals surface area contributed by atoms with Crippen molar-refractivity contribution in [2.75, 3.05) is 0 Å². The van der Waals surface area contributed by atoms with E-state index >= 15 is 0 Å². The number of rotatable bonds is 3. The number of hydrogen-bond donors (Lipinski definition) is 1. The van der Waals surface area contributed by atoms with E-state index in [2.05, 4.69) is 0 Å². The molecule has 0 saturated heterocycles. The fourth-order valence-corrected chi connectivity index (χ4v) is 2.63. The monoisotopic (exact) mass is 258 g/mol. The normalized spacial score (nSPS) is 11.1. The minimum absolute atomic E-state index is 0.0336. The number of aryl methyl sites for hydroxylation is 1. The van der Waals surface area contributed by atoms with Crippen LogP contribution in [0.1, 0.15) is 23.6 Å². The summed E-state index contributed by atoms with van der Waals surface area (Å²) in [4.78, 5) is -0.0624. The quantitative estimate of drug-likeness (QED) is 0.833. The highest BCUT2D eigenvalue weighted by Gasteiger charge is 2.18. The van der Waals surface area contributed by atoms with Gasteiger partial charge in [0.25, 0.3) is 9.05 Å². The lowest BCUT2D eigenvalue weighted by Crippen LogP contribution is -2.07. The van der Waals surface area contributed by atoms with Crippen molar-refractivity contribution in [3.63, 3.8) is 0 Å². The van der Waals surface area contributed by atoms with Gasteiger partial charge in [0.15, 0.2) is 0 Å². The first-order valence-corrected chi connectivity index (χ1v) is 6.95. The molecule has 4 nitrogen and oxygen atoms in total. The van der Waals surface area contributed by atoms with Crippen LogP contribution in [-0.2, 0) is 22.0 Å². The van der Waals surface area contributed by atoms with Crippen LogP contribution in [0.4, 0.5) is 0 Å². The summed E-state index contributed by atoms with van der Waals surface area (Å²) in [6, 6.07) is 5.03. The van der Waals surface area contributed by atoms with Crippen LogP contribution in [0.25, 0.3) is 0 Å². The van der Waals surface area contributed by atoms with Gasteiger partial charge in [-0.1, -0.05) is 6.92 Å². The molecular formula is C10H11ClN2O2S. The van der Waals surface area contributed by atoms with Gasteiger partial charge in [-0.3, -0.25) is 0 Å². The van der Waals surface area contributed by atoms with Crippen LogP contribution < -0.4 is 5.73 Å². The Hall–Kier alpha value is -1.09. The summed E-state index contributed by atoms with van der Waals surface area (Å²) in [7, 11) is 1.44. The number of halogens is 1. The molecule has 0 saturated carbocycles. The smallest absolute Gasteiger partial charge is 0.261 e. The van der Waals surface area contributed by atoms with Gasteiger partial charge in [0, 0.05) is 22.8 Å². The third-order valence-corrected chi connectivity index (χ3v) is 3.65. The van der Waals surface area contributed by atoms with Crippen molar-refractivity contribution in [1.82, 2.24) is 0 Å². The highest BCUT2D eigenvalue weighted by Crippen LogP contribution is 2.25. The molecular weight excluding hydrogens is 248 g/mol. The molecule has 86 valence electrons. The standard InChI is InChI=1S/C10H11ClN2O2S/c1-2-7-3-8(5-12)9(6-13)10(4-7)16(11,14)15/h3-4H,2,6,13H2,1H3. The highest BCUT2D eigenvalue weighted by atomic mass is 35.7. The molecule has 0 fully saturated rings. The third-order valence-electron chi connectivity index (χ3n) is 2.26. The van der Waals surface area contributed by atoms with Crippen LogP contribution in [0, 0.1) is 11.3 Å². The molecule has 0 atom stereocenters. The van der Waals surface area contributed by atoms with Gasteiger partial charge < -0.3 is 5.73 Å². The Morgan fingerprint density at radius 1 is 1.50 bits per heavy atom. The van der Waals surface area contributed by atoms with Gasteiger partial charge in [-0.15, -0.1) is 0 Å². The SMILES string of the molecule is CCc1cc(C#N)c(CN)c(S(=O)(=O)Cl)c1. The third kappa shape index (κ3) is 2.53. The number of benzene rings is 1. The van der Waals surface area contributed by atoms with E-state index in [1.165, 1.54) is 6.07 Å². The maximum Gasteiger partial charge on any atom is 0.261 e. The highest BCUT2D eigenvalue weighted by molar-refractivity contribution is 8.13. The molecule has 1 aromatic carbocycles. The van der Waals surface area contributed by atoms with Crippen LogP contribution in [0.5, 0.6) is 0 Å². The molecule has 0 aromatic heterocycles. The van der Waals surface area contributed by atoms with E-state index in [1.54, 1.807) is 6.07 Å². The molecule has 0 aliphatic rings. The number of nitriles is 1. The molecule has 0 radical (unpaired) electrons. The summed E-state index contributed by atoms with van der Waals surface area (Å²) < 4.78 is 22.7. The molecule has 0 unspecified atom stereocenters. The predicted octanol–water partition coefficient (Wildman–Crippen LogP) is 1.51. The van der Waals surface area contributed by atoms with E-state index in [9.17, 15) is 8.42 Å². The van der Waals surface area contributed by atoms with Gasteiger partial charge >= 0.3 is 0 Å². The zero-order valence-corrected chi connectivity index (χ0v) is 10.3. The fraction of sp³-hybridized carbons (Fsp3) is 0.300. The van der Waals surface area contributed by atoms with Crippen molar-refractivity contribution < 1.29 is 8.42 Å². The van der Waals surface area contributed by atoms with Gasteiger partial charge in [-0.25, -0.2) is 8.42 Å². The van der Waals surface area contributed by atoms with Crippen molar-refractivity contribution in [3.05, 3.63) is 28.8 Å². The summed E-state index contributed by atoms with van der Waals surface area (Å²) in [6.07, 6.45) is 0.624. The van der Waals surface area contributed by atoms with Crippen molar-refractivity contribution >= 4 is 19.7 Å². The minimum atomic E-state index is -3.87. The number of nitrogens with zero attached hydrogens (tertiary/aromatic N) is 1. The Bertz CT molecular complexity index is 547. The molecule has 0 aliphatic heterocycles. The van der Waals surface area contributed by atoms with E-state index in [0.717, 1.165) is 5.56 Å². The summed E-state index contributed by atoms with van der Waals surface area (Å²) in [5.74, 6) is 0. The minimum Gasteiger partial charge on any atom is -0.326 e. The van der Waals surface area contributed by atoms with Gasteiger partial charge in [-0.2, -0.15) is 5.26 Å². The molecule has 0 amide bonds. The zero-order chi connectivity index (χ0) is 12.3. The first kappa shape index (κ1) is 13.0. The maximum atomic E-state index is 11.3. The summed E-state index contributed by atoms with van der Waals surface area (Å²) in [5.41, 5.74) is 6.72. The molecule has 0 spiro atoms. The summed E-state index contributed by atoms with van der Waals surface area (Å²) >= 11 is 0. The number of hydrogen-bond acceptors (Lipinski definition) is 4. The van der Waals surface area contributed by atoms with E-state index < -0.39 is 9.05 Å². The largest absolute Gasteiger partial charge is 0.326 e. The summed E-state index contributed by atoms with van der Waals surface area (Å²) in [5, 5.41) is 8.92. The van der Waals surface area contributed by atoms with E-state index in [4.69, 9.17) is 21.7 Å². The first-order chi connectivity index (χ1) is 7.43. The second-order valence-corrected chi connectivity index (χ2v) is 5.76. The Labute approximate surface area is 99.1 Å². The van der Waals surface area contributed by atoms with Gasteiger partial charge in [-0.05, 0) is 24.1 Å². The van der Waals surface area contributed by atoms with Crippen LogP contribution in [0.15, 0.2) is 17.0 Å². The fourth-order valence-electron chi connectivity index (χ4n) is 1.43. The molecule has 0 bridgehead atoms. The maximum absolute atomic E-state index is 11.3. The van der Waals surface area contributed by atoms with Gasteiger partial charge in [0.05, 0.1) is 16.5 Å². The van der Waals surface area contributed by atoms with Crippen molar-refractivity contribution in [2.24, 2.45) is 5.73 Å². The average molecular weight is 259 g/mol. The van der Waals surface area contributed by atoms with Crippen LogP contribution >= 0.6 is 10.7 Å². The van der Waals surface area contributed by atoms with Crippen molar-refractivity contribution in [1.29, 1.82) is 5.26 Å². The van der Waals surface area contributed by atoms with Crippen LogP contribution in [-0.4, -0.2) is 8.42 Å². The Morgan fingerprint density at radius 2 is 2.12 bits per heavy atom. The Balaban J connectivity index is 3.65. The summed E-state index contributed by atoms with van der Waals surface area (Å²) in [6.45, 7) is 1.83. The van der Waals surface area contributed by atoms with Crippen LogP contribution in [0.3, 0.4) is 0 Å². The van der Waals surface area contributed by atoms with E-state index in [-0.39, 0.29) is 22.6 Å². The van der Waals surface area contributed by atoms with E-state index in [1.807, 2.05) is 13.0 Å². The Morgan fingerprint density at radius 3 is 2.50 bits per heavy atom. The van der Waals surface area contributed by atoms with Gasteiger partial charge in [0.2, 0.25) is 0 Å². The average Bonchev–Trinajstić information content (AvgIpc) is 2.25. The molecule has 6 heteroatoms. The van der Waals surface area contributed by atoms with Crippen molar-refractivity contribution in [3.8, 4) is 6.07 Å². The van der Waals surface area contributed by atoms with Crippen molar-refractivity contribution in [2.45, 2.75) is 24.8 Å². The second-order valence-electron chi connectivity index (χ2n) is 3.23. The van der Waals surface area contributed by atoms with E-state index in [0.29, 0.717) is 6.42 Å². The molecule has 0 aliphatic carbocycles. The molecule has 0 heterocycles. The number of nitrogens with two attached hydrogens (primary N) is 1. The lowest BCUT2D eigenvalue weighted by atomic mass is 10.0. The second kappa shape index (κ2) is 4.83. The lowest BCUT2D eigenvalue weighted by molar-refractivity contribution is 0.608. The first-order valence-electron chi connectivity index (χ1n) is 4.64. The molecule has 2 N–H and O–H groups in total. The molecule has 1 rings (SSSR count). The predicted molar refractivity (Wildman–Crippen MR) is 61.5 cm³/mol. The topological polar surface area (TPSA) is 83.9 Å². The van der Waals surface area contributed by atoms with Gasteiger partial charge in [0.1, 0.15) is 0 Å². The Kier molecular flexibility index (Phi) is 3.92. The lowest BCUT2D eigenvalue weighted by Gasteiger charge is -2.09. The molecule has 16 heavy (non-hydrogen) atoms. The molecule has 1 aromatic rings. The van der Waals surface area contributed by atoms with Crippen LogP contribution in [0.2, 0.25) is 0 Å². The zero-order valence-electron chi connectivity index (χ0n) is 8.70.